The van der Waals surface area contributed by atoms with Crippen molar-refractivity contribution in [2.45, 2.75) is 39.3 Å². The molecule has 2 rings (SSSR count). The average molecular weight is 311 g/mol. The molecule has 2 nitrogen and oxygen atoms in total. The van der Waals surface area contributed by atoms with Crippen molar-refractivity contribution in [3.63, 3.8) is 0 Å². The van der Waals surface area contributed by atoms with Gasteiger partial charge in [0.05, 0.1) is 0 Å². The largest absolute Gasteiger partial charge is 0.309 e. The number of nitrogens with zero attached hydrogens (tertiary/aromatic N) is 1. The summed E-state index contributed by atoms with van der Waals surface area (Å²) in [5.74, 6) is 0. The van der Waals surface area contributed by atoms with Crippen molar-refractivity contribution in [2.24, 2.45) is 0 Å². The monoisotopic (exact) mass is 310 g/mol. The highest BCUT2D eigenvalue weighted by Gasteiger charge is 2.14. The lowest BCUT2D eigenvalue weighted by Gasteiger charge is -2.21. The van der Waals surface area contributed by atoms with Crippen LogP contribution in [0.5, 0.6) is 0 Å². The fraction of sp³-hybridized carbons (Fsp3) is 0.600. The molecule has 1 aliphatic rings. The van der Waals surface area contributed by atoms with Gasteiger partial charge >= 0.3 is 0 Å². The Hall–Kier alpha value is -0.380. The van der Waals surface area contributed by atoms with E-state index in [0.29, 0.717) is 6.04 Å². The fourth-order valence-electron chi connectivity index (χ4n) is 2.62. The summed E-state index contributed by atoms with van der Waals surface area (Å²) in [6.45, 7) is 9.11. The van der Waals surface area contributed by atoms with Gasteiger partial charge in [0.15, 0.2) is 0 Å². The van der Waals surface area contributed by atoms with Crippen LogP contribution in [0.3, 0.4) is 0 Å². The van der Waals surface area contributed by atoms with Crippen molar-refractivity contribution in [1.29, 1.82) is 0 Å². The number of hydrogen-bond acceptors (Lipinski definition) is 2. The first-order chi connectivity index (χ1) is 8.63. The third kappa shape index (κ3) is 4.38. The van der Waals surface area contributed by atoms with Gasteiger partial charge in [-0.1, -0.05) is 22.0 Å². The number of likely N-dealkylation sites (tertiary alicyclic amines) is 1. The second-order valence-electron chi connectivity index (χ2n) is 5.43. The molecular formula is C15H23BrN2. The van der Waals surface area contributed by atoms with Crippen LogP contribution < -0.4 is 5.32 Å². The summed E-state index contributed by atoms with van der Waals surface area (Å²) < 4.78 is 1.17. The van der Waals surface area contributed by atoms with E-state index in [9.17, 15) is 0 Å². The predicted octanol–water partition coefficient (Wildman–Crippen LogP) is 3.33. The summed E-state index contributed by atoms with van der Waals surface area (Å²) in [7, 11) is 0. The second-order valence-corrected chi connectivity index (χ2v) is 6.34. The Balaban J connectivity index is 1.79. The molecule has 1 heterocycles. The van der Waals surface area contributed by atoms with Crippen molar-refractivity contribution in [2.75, 3.05) is 19.6 Å². The first-order valence-electron chi connectivity index (χ1n) is 6.85. The van der Waals surface area contributed by atoms with Crippen LogP contribution in [0.2, 0.25) is 0 Å². The molecule has 1 aromatic carbocycles. The molecule has 0 radical (unpaired) electrons. The van der Waals surface area contributed by atoms with E-state index in [1.165, 1.54) is 48.1 Å². The van der Waals surface area contributed by atoms with E-state index >= 15 is 0 Å². The van der Waals surface area contributed by atoms with Gasteiger partial charge in [0, 0.05) is 23.6 Å². The van der Waals surface area contributed by atoms with Crippen molar-refractivity contribution >= 4 is 15.9 Å². The van der Waals surface area contributed by atoms with Crippen LogP contribution >= 0.6 is 15.9 Å². The van der Waals surface area contributed by atoms with Crippen molar-refractivity contribution < 1.29 is 0 Å². The molecule has 1 aliphatic heterocycles. The number of halogens is 1. The normalized spacial score (nSPS) is 18.2. The maximum Gasteiger partial charge on any atom is 0.0209 e. The number of benzene rings is 1. The summed E-state index contributed by atoms with van der Waals surface area (Å²) in [6.07, 6.45) is 2.75. The fourth-order valence-corrected chi connectivity index (χ4v) is 3.28. The van der Waals surface area contributed by atoms with Crippen LogP contribution in [0.1, 0.15) is 30.9 Å². The molecule has 0 spiro atoms. The topological polar surface area (TPSA) is 15.3 Å². The second kappa shape index (κ2) is 6.69. The lowest BCUT2D eigenvalue weighted by atomic mass is 10.1. The van der Waals surface area contributed by atoms with Gasteiger partial charge in [0.2, 0.25) is 0 Å². The molecular weight excluding hydrogens is 288 g/mol. The van der Waals surface area contributed by atoms with Crippen LogP contribution in [0.4, 0.5) is 0 Å². The van der Waals surface area contributed by atoms with Crippen molar-refractivity contribution in [1.82, 2.24) is 10.2 Å². The van der Waals surface area contributed by atoms with Gasteiger partial charge in [-0.3, -0.25) is 0 Å². The molecule has 1 N–H and O–H groups in total. The number of aryl methyl sites for hydroxylation is 1. The highest BCUT2D eigenvalue weighted by molar-refractivity contribution is 9.10. The van der Waals surface area contributed by atoms with E-state index in [1.54, 1.807) is 0 Å². The van der Waals surface area contributed by atoms with Crippen LogP contribution in [0.25, 0.3) is 0 Å². The zero-order valence-corrected chi connectivity index (χ0v) is 13.0. The quantitative estimate of drug-likeness (QED) is 0.897. The number of hydrogen-bond donors (Lipinski definition) is 1. The van der Waals surface area contributed by atoms with Gasteiger partial charge < -0.3 is 10.2 Å². The van der Waals surface area contributed by atoms with E-state index < -0.39 is 0 Å². The van der Waals surface area contributed by atoms with Crippen molar-refractivity contribution in [3.8, 4) is 0 Å². The van der Waals surface area contributed by atoms with Gasteiger partial charge in [0.1, 0.15) is 0 Å². The third-order valence-corrected chi connectivity index (χ3v) is 3.95. The highest BCUT2D eigenvalue weighted by Crippen LogP contribution is 2.15. The Morgan fingerprint density at radius 1 is 1.28 bits per heavy atom. The smallest absolute Gasteiger partial charge is 0.0209 e. The van der Waals surface area contributed by atoms with Crippen molar-refractivity contribution in [3.05, 3.63) is 33.8 Å². The minimum atomic E-state index is 0.558. The van der Waals surface area contributed by atoms with E-state index in [2.05, 4.69) is 58.2 Å². The minimum absolute atomic E-state index is 0.558. The van der Waals surface area contributed by atoms with Crippen LogP contribution in [-0.4, -0.2) is 30.6 Å². The standard InChI is InChI=1S/C15H23BrN2/c1-12-7-14(9-15(16)8-12)10-17-13(2)11-18-5-3-4-6-18/h7-9,13,17H,3-6,10-11H2,1-2H3. The molecule has 1 saturated heterocycles. The van der Waals surface area contributed by atoms with Crippen LogP contribution in [0, 0.1) is 6.92 Å². The summed E-state index contributed by atoms with van der Waals surface area (Å²) in [5.41, 5.74) is 2.67. The van der Waals surface area contributed by atoms with E-state index in [-0.39, 0.29) is 0 Å². The van der Waals surface area contributed by atoms with Gasteiger partial charge in [-0.25, -0.2) is 0 Å². The lowest BCUT2D eigenvalue weighted by Crippen LogP contribution is -2.37. The number of rotatable bonds is 5. The summed E-state index contributed by atoms with van der Waals surface area (Å²) in [6, 6.07) is 7.16. The molecule has 0 aliphatic carbocycles. The van der Waals surface area contributed by atoms with Crippen LogP contribution in [-0.2, 0) is 6.54 Å². The third-order valence-electron chi connectivity index (χ3n) is 3.49. The molecule has 1 atom stereocenters. The Morgan fingerprint density at radius 3 is 2.67 bits per heavy atom. The van der Waals surface area contributed by atoms with Gasteiger partial charge in [-0.05, 0) is 63.0 Å². The molecule has 1 aromatic rings. The maximum atomic E-state index is 3.62. The molecule has 100 valence electrons. The first kappa shape index (κ1) is 14.0. The summed E-state index contributed by atoms with van der Waals surface area (Å²) in [4.78, 5) is 2.56. The molecule has 3 heteroatoms. The summed E-state index contributed by atoms with van der Waals surface area (Å²) in [5, 5.41) is 3.62. The Bertz CT molecular complexity index is 366. The zero-order chi connectivity index (χ0) is 13.0. The maximum absolute atomic E-state index is 3.62. The lowest BCUT2D eigenvalue weighted by molar-refractivity contribution is 0.298. The molecule has 0 amide bonds. The van der Waals surface area contributed by atoms with Crippen LogP contribution in [0.15, 0.2) is 22.7 Å². The zero-order valence-electron chi connectivity index (χ0n) is 11.4. The molecule has 0 saturated carbocycles. The molecule has 0 aromatic heterocycles. The summed E-state index contributed by atoms with van der Waals surface area (Å²) >= 11 is 3.55. The molecule has 1 unspecified atom stereocenters. The Morgan fingerprint density at radius 2 is 2.00 bits per heavy atom. The van der Waals surface area contributed by atoms with Gasteiger partial charge in [-0.2, -0.15) is 0 Å². The number of nitrogens with one attached hydrogen (secondary N) is 1. The Kier molecular flexibility index (Phi) is 5.22. The SMILES string of the molecule is Cc1cc(Br)cc(CNC(C)CN2CCCC2)c1. The Labute approximate surface area is 119 Å². The average Bonchev–Trinajstić information content (AvgIpc) is 2.78. The first-order valence-corrected chi connectivity index (χ1v) is 7.64. The molecule has 0 bridgehead atoms. The van der Waals surface area contributed by atoms with Gasteiger partial charge in [0.25, 0.3) is 0 Å². The van der Waals surface area contributed by atoms with Gasteiger partial charge in [-0.15, -0.1) is 0 Å². The minimum Gasteiger partial charge on any atom is -0.309 e. The van der Waals surface area contributed by atoms with E-state index in [0.717, 1.165) is 6.54 Å². The highest BCUT2D eigenvalue weighted by atomic mass is 79.9. The predicted molar refractivity (Wildman–Crippen MR) is 80.9 cm³/mol. The molecule has 18 heavy (non-hydrogen) atoms. The van der Waals surface area contributed by atoms with E-state index in [1.807, 2.05) is 0 Å². The van der Waals surface area contributed by atoms with E-state index in [4.69, 9.17) is 0 Å². The molecule has 1 fully saturated rings.